The standard InChI is InChI=1S/C20H21P.C2H2O4/c1-2-21(18-12-6-3-7-13-18,19-14-8-4-9-15-19)20-16-10-5-11-17-20;3-1(4)2(5)6/h3-17,21H,2H2,1H3;(H,3,4)(H,5,6). The molecule has 5 heteroatoms. The van der Waals surface area contributed by atoms with Gasteiger partial charge in [0, 0.05) is 0 Å². The SMILES string of the molecule is CC[PH](c1ccccc1)(c1ccccc1)c1ccccc1.O=C(O)C(=O)O. The summed E-state index contributed by atoms with van der Waals surface area (Å²) in [6, 6.07) is 33.1. The van der Waals surface area contributed by atoms with Crippen LogP contribution in [-0.4, -0.2) is 28.3 Å². The number of carbonyl (C=O) groups is 2. The number of carboxylic acid groups (broad SMARTS) is 2. The molecule has 4 nitrogen and oxygen atoms in total. The summed E-state index contributed by atoms with van der Waals surface area (Å²) in [6.07, 6.45) is 1.17. The largest absolute Gasteiger partial charge is 0.473 e. The zero-order valence-electron chi connectivity index (χ0n) is 15.1. The Bertz CT molecular complexity index is 756. The summed E-state index contributed by atoms with van der Waals surface area (Å²) < 4.78 is 0. The van der Waals surface area contributed by atoms with Crippen LogP contribution in [0.3, 0.4) is 0 Å². The average Bonchev–Trinajstić information content (AvgIpc) is 2.72. The molecule has 0 radical (unpaired) electrons. The summed E-state index contributed by atoms with van der Waals surface area (Å²) in [7, 11) is -1.90. The second kappa shape index (κ2) is 9.65. The topological polar surface area (TPSA) is 74.6 Å². The van der Waals surface area contributed by atoms with Crippen molar-refractivity contribution in [1.29, 1.82) is 0 Å². The second-order valence-corrected chi connectivity index (χ2v) is 10.2. The van der Waals surface area contributed by atoms with E-state index in [4.69, 9.17) is 19.8 Å². The molecular weight excluding hydrogens is 359 g/mol. The fourth-order valence-corrected chi connectivity index (χ4v) is 7.79. The molecule has 0 saturated heterocycles. The predicted octanol–water partition coefficient (Wildman–Crippen LogP) is 2.89. The molecule has 0 saturated carbocycles. The van der Waals surface area contributed by atoms with Gasteiger partial charge in [-0.3, -0.25) is 0 Å². The Balaban J connectivity index is 0.000000380. The molecule has 0 unspecified atom stereocenters. The average molecular weight is 382 g/mol. The molecule has 0 aliphatic carbocycles. The monoisotopic (exact) mass is 382 g/mol. The van der Waals surface area contributed by atoms with Crippen molar-refractivity contribution in [3.05, 3.63) is 91.0 Å². The van der Waals surface area contributed by atoms with Gasteiger partial charge in [0.2, 0.25) is 0 Å². The molecule has 3 aromatic carbocycles. The smallest absolute Gasteiger partial charge is 0.414 e. The van der Waals surface area contributed by atoms with Gasteiger partial charge in [0.1, 0.15) is 0 Å². The predicted molar refractivity (Wildman–Crippen MR) is 112 cm³/mol. The number of hydrogen-bond acceptors (Lipinski definition) is 2. The summed E-state index contributed by atoms with van der Waals surface area (Å²) in [5, 5.41) is 19.3. The van der Waals surface area contributed by atoms with Crippen LogP contribution in [0, 0.1) is 0 Å². The molecule has 0 aliphatic rings. The molecule has 3 rings (SSSR count). The Morgan fingerprint density at radius 2 is 0.889 bits per heavy atom. The van der Waals surface area contributed by atoms with Crippen LogP contribution in [0.2, 0.25) is 0 Å². The van der Waals surface area contributed by atoms with Gasteiger partial charge in [-0.1, -0.05) is 0 Å². The summed E-state index contributed by atoms with van der Waals surface area (Å²) in [4.78, 5) is 18.2. The first-order valence-corrected chi connectivity index (χ1v) is 10.9. The van der Waals surface area contributed by atoms with E-state index in [0.29, 0.717) is 0 Å². The fourth-order valence-electron chi connectivity index (χ4n) is 3.28. The molecule has 140 valence electrons. The first-order chi connectivity index (χ1) is 13.0. The van der Waals surface area contributed by atoms with Gasteiger partial charge in [0.25, 0.3) is 0 Å². The van der Waals surface area contributed by atoms with Gasteiger partial charge >= 0.3 is 139 Å². The zero-order valence-corrected chi connectivity index (χ0v) is 16.1. The van der Waals surface area contributed by atoms with Crippen LogP contribution in [-0.2, 0) is 9.59 Å². The molecule has 0 heterocycles. The minimum absolute atomic E-state index is 1.17. The molecule has 3 aromatic rings. The number of rotatable bonds is 4. The van der Waals surface area contributed by atoms with Crippen LogP contribution < -0.4 is 15.9 Å². The third-order valence-electron chi connectivity index (χ3n) is 4.51. The van der Waals surface area contributed by atoms with E-state index in [2.05, 4.69) is 97.9 Å². The van der Waals surface area contributed by atoms with Gasteiger partial charge < -0.3 is 10.2 Å². The molecule has 27 heavy (non-hydrogen) atoms. The van der Waals surface area contributed by atoms with Crippen LogP contribution in [0.5, 0.6) is 0 Å². The minimum atomic E-state index is -1.90. The van der Waals surface area contributed by atoms with Crippen molar-refractivity contribution in [3.63, 3.8) is 0 Å². The Morgan fingerprint density at radius 1 is 0.630 bits per heavy atom. The molecule has 0 aliphatic heterocycles. The Kier molecular flexibility index (Phi) is 7.27. The first-order valence-electron chi connectivity index (χ1n) is 8.65. The van der Waals surface area contributed by atoms with E-state index < -0.39 is 19.2 Å². The van der Waals surface area contributed by atoms with E-state index in [-0.39, 0.29) is 0 Å². The van der Waals surface area contributed by atoms with E-state index in [1.807, 2.05) is 0 Å². The Morgan fingerprint density at radius 3 is 1.07 bits per heavy atom. The number of benzene rings is 3. The van der Waals surface area contributed by atoms with Crippen molar-refractivity contribution in [2.45, 2.75) is 6.92 Å². The van der Waals surface area contributed by atoms with Crippen LogP contribution in [0.4, 0.5) is 0 Å². The summed E-state index contributed by atoms with van der Waals surface area (Å²) in [5.74, 6) is -3.65. The number of aliphatic carboxylic acids is 2. The van der Waals surface area contributed by atoms with Crippen LogP contribution >= 0.6 is 7.26 Å². The van der Waals surface area contributed by atoms with Crippen molar-refractivity contribution in [3.8, 4) is 0 Å². The normalized spacial score (nSPS) is 11.0. The van der Waals surface area contributed by atoms with Gasteiger partial charge in [0.15, 0.2) is 0 Å². The summed E-state index contributed by atoms with van der Waals surface area (Å²) >= 11 is 0. The van der Waals surface area contributed by atoms with Crippen molar-refractivity contribution < 1.29 is 19.8 Å². The Hall–Kier alpha value is -2.97. The van der Waals surface area contributed by atoms with E-state index in [1.54, 1.807) is 0 Å². The number of carboxylic acids is 2. The van der Waals surface area contributed by atoms with Gasteiger partial charge in [-0.15, -0.1) is 0 Å². The van der Waals surface area contributed by atoms with Crippen LogP contribution in [0.15, 0.2) is 91.0 Å². The molecule has 2 N–H and O–H groups in total. The Labute approximate surface area is 159 Å². The molecule has 0 amide bonds. The van der Waals surface area contributed by atoms with Crippen molar-refractivity contribution in [2.24, 2.45) is 0 Å². The fraction of sp³-hybridized carbons (Fsp3) is 0.0909. The van der Waals surface area contributed by atoms with Gasteiger partial charge in [-0.2, -0.15) is 0 Å². The molecule has 0 spiro atoms. The van der Waals surface area contributed by atoms with E-state index in [1.165, 1.54) is 22.1 Å². The maximum atomic E-state index is 9.10. The van der Waals surface area contributed by atoms with Gasteiger partial charge in [-0.25, -0.2) is 9.59 Å². The molecule has 0 bridgehead atoms. The summed E-state index contributed by atoms with van der Waals surface area (Å²) in [5.41, 5.74) is 0. The zero-order chi connectivity index (χ0) is 19.7. The maximum absolute atomic E-state index is 9.10. The molecule has 0 atom stereocenters. The van der Waals surface area contributed by atoms with Crippen molar-refractivity contribution in [1.82, 2.24) is 0 Å². The van der Waals surface area contributed by atoms with Crippen molar-refractivity contribution in [2.75, 3.05) is 6.16 Å². The molecular formula is C22H23O4P. The molecule has 0 fully saturated rings. The quantitative estimate of drug-likeness (QED) is 0.538. The van der Waals surface area contributed by atoms with Gasteiger partial charge in [-0.05, 0) is 0 Å². The van der Waals surface area contributed by atoms with Gasteiger partial charge in [0.05, 0.1) is 0 Å². The van der Waals surface area contributed by atoms with Crippen LogP contribution in [0.1, 0.15) is 6.92 Å². The maximum Gasteiger partial charge on any atom is 0.414 e. The summed E-state index contributed by atoms with van der Waals surface area (Å²) in [6.45, 7) is 2.33. The van der Waals surface area contributed by atoms with Crippen molar-refractivity contribution >= 4 is 35.1 Å². The third kappa shape index (κ3) is 4.81. The first kappa shape index (κ1) is 20.3. The van der Waals surface area contributed by atoms with E-state index in [9.17, 15) is 0 Å². The van der Waals surface area contributed by atoms with Crippen LogP contribution in [0.25, 0.3) is 0 Å². The molecule has 0 aromatic heterocycles. The minimum Gasteiger partial charge on any atom is -0.473 e. The van der Waals surface area contributed by atoms with E-state index >= 15 is 0 Å². The van der Waals surface area contributed by atoms with E-state index in [0.717, 1.165) is 0 Å². The number of hydrogen-bond donors (Lipinski definition) is 2. The third-order valence-corrected chi connectivity index (χ3v) is 9.53. The second-order valence-electron chi connectivity index (χ2n) is 5.97.